The van der Waals surface area contributed by atoms with E-state index in [0.717, 1.165) is 6.42 Å². The topological polar surface area (TPSA) is 60.9 Å². The molecular weight excluding hydrogens is 292 g/mol. The van der Waals surface area contributed by atoms with Crippen LogP contribution in [0.2, 0.25) is 5.02 Å². The number of urea groups is 1. The molecule has 0 unspecified atom stereocenters. The van der Waals surface area contributed by atoms with Crippen LogP contribution in [0.15, 0.2) is 36.9 Å². The molecule has 0 fully saturated rings. The molecule has 0 saturated carbocycles. The highest BCUT2D eigenvalue weighted by Gasteiger charge is 2.23. The molecule has 0 aliphatic rings. The van der Waals surface area contributed by atoms with Crippen molar-refractivity contribution in [2.24, 2.45) is 0 Å². The first-order valence-electron chi connectivity index (χ1n) is 6.64. The fourth-order valence-corrected chi connectivity index (χ4v) is 2.01. The van der Waals surface area contributed by atoms with Crippen LogP contribution in [0.1, 0.15) is 13.3 Å². The van der Waals surface area contributed by atoms with Gasteiger partial charge in [-0.3, -0.25) is 9.69 Å². The number of amides is 2. The summed E-state index contributed by atoms with van der Waals surface area (Å²) in [7, 11) is 0. The van der Waals surface area contributed by atoms with Crippen molar-refractivity contribution in [2.75, 3.05) is 24.5 Å². The molecular formula is C15H19ClN2O3. The van der Waals surface area contributed by atoms with E-state index in [1.807, 2.05) is 6.92 Å². The SMILES string of the molecule is C=CCN(CCC)C(=O)N(CC(=O)O)c1ccc(Cl)cc1. The van der Waals surface area contributed by atoms with Gasteiger partial charge < -0.3 is 10.0 Å². The summed E-state index contributed by atoms with van der Waals surface area (Å²) in [6.45, 7) is 6.08. The number of rotatable bonds is 7. The number of anilines is 1. The quantitative estimate of drug-likeness (QED) is 0.786. The van der Waals surface area contributed by atoms with Crippen molar-refractivity contribution in [3.8, 4) is 0 Å². The Kier molecular flexibility index (Phi) is 6.75. The zero-order valence-electron chi connectivity index (χ0n) is 12.0. The van der Waals surface area contributed by atoms with E-state index in [1.165, 1.54) is 4.90 Å². The van der Waals surface area contributed by atoms with E-state index in [9.17, 15) is 9.59 Å². The summed E-state index contributed by atoms with van der Waals surface area (Å²) in [4.78, 5) is 26.4. The molecule has 21 heavy (non-hydrogen) atoms. The number of benzene rings is 1. The first-order valence-corrected chi connectivity index (χ1v) is 7.02. The Balaban J connectivity index is 3.04. The molecule has 0 atom stereocenters. The summed E-state index contributed by atoms with van der Waals surface area (Å²) in [5.41, 5.74) is 0.497. The first kappa shape index (κ1) is 17.0. The minimum atomic E-state index is -1.08. The van der Waals surface area contributed by atoms with Crippen LogP contribution in [0, 0.1) is 0 Å². The molecule has 114 valence electrons. The van der Waals surface area contributed by atoms with Crippen molar-refractivity contribution < 1.29 is 14.7 Å². The van der Waals surface area contributed by atoms with Gasteiger partial charge in [0.2, 0.25) is 0 Å². The summed E-state index contributed by atoms with van der Waals surface area (Å²) >= 11 is 5.82. The fourth-order valence-electron chi connectivity index (χ4n) is 1.89. The first-order chi connectivity index (χ1) is 9.99. The molecule has 1 aromatic carbocycles. The van der Waals surface area contributed by atoms with E-state index in [2.05, 4.69) is 6.58 Å². The lowest BCUT2D eigenvalue weighted by Crippen LogP contribution is -2.46. The molecule has 0 aliphatic carbocycles. The summed E-state index contributed by atoms with van der Waals surface area (Å²) < 4.78 is 0. The van der Waals surface area contributed by atoms with Crippen LogP contribution in [0.5, 0.6) is 0 Å². The number of hydrogen-bond donors (Lipinski definition) is 1. The van der Waals surface area contributed by atoms with Gasteiger partial charge in [0.15, 0.2) is 0 Å². The Hall–Kier alpha value is -2.01. The van der Waals surface area contributed by atoms with E-state index in [4.69, 9.17) is 16.7 Å². The largest absolute Gasteiger partial charge is 0.480 e. The monoisotopic (exact) mass is 310 g/mol. The highest BCUT2D eigenvalue weighted by Crippen LogP contribution is 2.19. The van der Waals surface area contributed by atoms with E-state index in [-0.39, 0.29) is 6.03 Å². The molecule has 0 saturated heterocycles. The van der Waals surface area contributed by atoms with Crippen molar-refractivity contribution in [3.63, 3.8) is 0 Å². The zero-order valence-corrected chi connectivity index (χ0v) is 12.7. The summed E-state index contributed by atoms with van der Waals surface area (Å²) in [5, 5.41) is 9.56. The van der Waals surface area contributed by atoms with Gasteiger partial charge in [-0.1, -0.05) is 24.6 Å². The molecule has 0 spiro atoms. The van der Waals surface area contributed by atoms with Crippen LogP contribution >= 0.6 is 11.6 Å². The maximum absolute atomic E-state index is 12.6. The molecule has 0 heterocycles. The second-order valence-corrected chi connectivity index (χ2v) is 4.91. The maximum atomic E-state index is 12.6. The molecule has 2 amide bonds. The van der Waals surface area contributed by atoms with Crippen molar-refractivity contribution in [1.82, 2.24) is 4.90 Å². The fraction of sp³-hybridized carbons (Fsp3) is 0.333. The molecule has 1 rings (SSSR count). The summed E-state index contributed by atoms with van der Waals surface area (Å²) in [5.74, 6) is -1.08. The Bertz CT molecular complexity index is 502. The third kappa shape index (κ3) is 5.11. The highest BCUT2D eigenvalue weighted by atomic mass is 35.5. The predicted octanol–water partition coefficient (Wildman–Crippen LogP) is 3.25. The Morgan fingerprint density at radius 2 is 1.95 bits per heavy atom. The van der Waals surface area contributed by atoms with Gasteiger partial charge in [0, 0.05) is 23.8 Å². The molecule has 1 aromatic rings. The molecule has 0 bridgehead atoms. The average molecular weight is 311 g/mol. The Morgan fingerprint density at radius 1 is 1.33 bits per heavy atom. The highest BCUT2D eigenvalue weighted by molar-refractivity contribution is 6.30. The normalized spacial score (nSPS) is 10.0. The number of carboxylic acids is 1. The van der Waals surface area contributed by atoms with Gasteiger partial charge in [-0.15, -0.1) is 6.58 Å². The average Bonchev–Trinajstić information content (AvgIpc) is 2.45. The van der Waals surface area contributed by atoms with Gasteiger partial charge in [-0.25, -0.2) is 4.79 Å². The van der Waals surface area contributed by atoms with Gasteiger partial charge in [-0.2, -0.15) is 0 Å². The summed E-state index contributed by atoms with van der Waals surface area (Å²) in [6.07, 6.45) is 2.40. The molecule has 0 aromatic heterocycles. The molecule has 6 heteroatoms. The number of nitrogens with zero attached hydrogens (tertiary/aromatic N) is 2. The molecule has 1 N–H and O–H groups in total. The predicted molar refractivity (Wildman–Crippen MR) is 83.9 cm³/mol. The van der Waals surface area contributed by atoms with Crippen LogP contribution < -0.4 is 4.90 Å². The minimum Gasteiger partial charge on any atom is -0.480 e. The number of carbonyl (C=O) groups excluding carboxylic acids is 1. The number of halogens is 1. The third-order valence-electron chi connectivity index (χ3n) is 2.78. The summed E-state index contributed by atoms with van der Waals surface area (Å²) in [6, 6.07) is 6.14. The van der Waals surface area contributed by atoms with E-state index in [1.54, 1.807) is 35.2 Å². The lowest BCUT2D eigenvalue weighted by atomic mass is 10.3. The van der Waals surface area contributed by atoms with Crippen molar-refractivity contribution in [1.29, 1.82) is 0 Å². The zero-order chi connectivity index (χ0) is 15.8. The lowest BCUT2D eigenvalue weighted by molar-refractivity contribution is -0.135. The third-order valence-corrected chi connectivity index (χ3v) is 3.03. The number of carboxylic acid groups (broad SMARTS) is 1. The van der Waals surface area contributed by atoms with Crippen molar-refractivity contribution in [3.05, 3.63) is 41.9 Å². The van der Waals surface area contributed by atoms with Crippen LogP contribution in [-0.2, 0) is 4.79 Å². The van der Waals surface area contributed by atoms with Gasteiger partial charge in [0.1, 0.15) is 6.54 Å². The standard InChI is InChI=1S/C15H19ClN2O3/c1-3-9-17(10-4-2)15(21)18(11-14(19)20)13-7-5-12(16)6-8-13/h3,5-8H,1,4,9-11H2,2H3,(H,19,20). The van der Waals surface area contributed by atoms with Crippen LogP contribution in [0.25, 0.3) is 0 Å². The Labute approximate surface area is 129 Å². The smallest absolute Gasteiger partial charge is 0.325 e. The second-order valence-electron chi connectivity index (χ2n) is 4.47. The molecule has 5 nitrogen and oxygen atoms in total. The van der Waals surface area contributed by atoms with Gasteiger partial charge in [0.05, 0.1) is 0 Å². The number of carbonyl (C=O) groups is 2. The van der Waals surface area contributed by atoms with Gasteiger partial charge in [0.25, 0.3) is 0 Å². The number of aliphatic carboxylic acids is 1. The van der Waals surface area contributed by atoms with Crippen LogP contribution in [-0.4, -0.2) is 41.6 Å². The second kappa shape index (κ2) is 8.32. The molecule has 0 radical (unpaired) electrons. The van der Waals surface area contributed by atoms with E-state index < -0.39 is 12.5 Å². The molecule has 0 aliphatic heterocycles. The van der Waals surface area contributed by atoms with Crippen molar-refractivity contribution >= 4 is 29.3 Å². The van der Waals surface area contributed by atoms with Crippen LogP contribution in [0.4, 0.5) is 10.5 Å². The van der Waals surface area contributed by atoms with Crippen LogP contribution in [0.3, 0.4) is 0 Å². The maximum Gasteiger partial charge on any atom is 0.325 e. The minimum absolute atomic E-state index is 0.360. The lowest BCUT2D eigenvalue weighted by Gasteiger charge is -2.29. The van der Waals surface area contributed by atoms with Gasteiger partial charge in [-0.05, 0) is 30.7 Å². The van der Waals surface area contributed by atoms with Crippen molar-refractivity contribution in [2.45, 2.75) is 13.3 Å². The Morgan fingerprint density at radius 3 is 2.43 bits per heavy atom. The van der Waals surface area contributed by atoms with E-state index >= 15 is 0 Å². The van der Waals surface area contributed by atoms with Gasteiger partial charge >= 0.3 is 12.0 Å². The number of hydrogen-bond acceptors (Lipinski definition) is 2. The van der Waals surface area contributed by atoms with E-state index in [0.29, 0.717) is 23.8 Å².